The molecule has 0 amide bonds. The van der Waals surface area contributed by atoms with E-state index in [9.17, 15) is 8.78 Å². The highest BCUT2D eigenvalue weighted by Crippen LogP contribution is 2.29. The highest BCUT2D eigenvalue weighted by molar-refractivity contribution is 6.00. The first-order valence-corrected chi connectivity index (χ1v) is 4.03. The summed E-state index contributed by atoms with van der Waals surface area (Å²) in [6, 6.07) is 5.91. The van der Waals surface area contributed by atoms with E-state index in [0.29, 0.717) is 16.5 Å². The summed E-state index contributed by atoms with van der Waals surface area (Å²) in [6.07, 6.45) is 0. The van der Waals surface area contributed by atoms with Crippen LogP contribution in [0, 0.1) is 11.6 Å². The van der Waals surface area contributed by atoms with Crippen molar-refractivity contribution in [3.63, 3.8) is 0 Å². The first kappa shape index (κ1) is 8.74. The molecule has 72 valence electrons. The zero-order valence-corrected chi connectivity index (χ0v) is 7.22. The number of fused-ring (bicyclic) bond motifs is 1. The second-order valence-corrected chi connectivity index (χ2v) is 3.03. The maximum absolute atomic E-state index is 13.1. The highest BCUT2D eigenvalue weighted by Gasteiger charge is 2.11. The minimum atomic E-state index is -1.02. The van der Waals surface area contributed by atoms with Gasteiger partial charge >= 0.3 is 0 Å². The summed E-state index contributed by atoms with van der Waals surface area (Å²) >= 11 is 0. The Morgan fingerprint density at radius 2 is 1.71 bits per heavy atom. The molecule has 2 aromatic rings. The van der Waals surface area contributed by atoms with Crippen molar-refractivity contribution >= 4 is 22.1 Å². The lowest BCUT2D eigenvalue weighted by molar-refractivity contribution is 0.514. The molecule has 14 heavy (non-hydrogen) atoms. The number of halogens is 2. The number of nitrogen functional groups attached to an aromatic ring is 2. The average molecular weight is 194 g/mol. The van der Waals surface area contributed by atoms with Crippen LogP contribution in [0.3, 0.4) is 0 Å². The monoisotopic (exact) mass is 194 g/mol. The van der Waals surface area contributed by atoms with Gasteiger partial charge in [0.15, 0.2) is 11.6 Å². The number of benzene rings is 2. The lowest BCUT2D eigenvalue weighted by atomic mass is 10.1. The fraction of sp³-hybridized carbons (Fsp3) is 0. The molecule has 0 aromatic heterocycles. The quantitative estimate of drug-likeness (QED) is 0.632. The Morgan fingerprint density at radius 3 is 2.43 bits per heavy atom. The third kappa shape index (κ3) is 1.08. The van der Waals surface area contributed by atoms with Gasteiger partial charge in [0.1, 0.15) is 0 Å². The molecule has 0 saturated carbocycles. The van der Waals surface area contributed by atoms with Crippen molar-refractivity contribution in [2.24, 2.45) is 0 Å². The average Bonchev–Trinajstić information content (AvgIpc) is 2.17. The Hall–Kier alpha value is -1.84. The highest BCUT2D eigenvalue weighted by atomic mass is 19.2. The summed E-state index contributed by atoms with van der Waals surface area (Å²) in [7, 11) is 0. The predicted molar refractivity (Wildman–Crippen MR) is 52.7 cm³/mol. The SMILES string of the molecule is Nc1cccc2c(N)c(F)c(F)cc12. The fourth-order valence-electron chi connectivity index (χ4n) is 1.42. The molecule has 2 nitrogen and oxygen atoms in total. The largest absolute Gasteiger partial charge is 0.398 e. The number of hydrogen-bond donors (Lipinski definition) is 2. The van der Waals surface area contributed by atoms with Crippen molar-refractivity contribution in [1.82, 2.24) is 0 Å². The van der Waals surface area contributed by atoms with Gasteiger partial charge in [0.05, 0.1) is 5.69 Å². The maximum atomic E-state index is 13.1. The van der Waals surface area contributed by atoms with Gasteiger partial charge in [-0.1, -0.05) is 12.1 Å². The van der Waals surface area contributed by atoms with Gasteiger partial charge in [-0.3, -0.25) is 0 Å². The summed E-state index contributed by atoms with van der Waals surface area (Å²) in [5.74, 6) is -2.00. The van der Waals surface area contributed by atoms with Crippen molar-refractivity contribution in [2.75, 3.05) is 11.5 Å². The van der Waals surface area contributed by atoms with Crippen LogP contribution in [0.4, 0.5) is 20.2 Å². The zero-order chi connectivity index (χ0) is 10.3. The van der Waals surface area contributed by atoms with Gasteiger partial charge in [0.2, 0.25) is 0 Å². The van der Waals surface area contributed by atoms with E-state index in [1.54, 1.807) is 18.2 Å². The fourth-order valence-corrected chi connectivity index (χ4v) is 1.42. The third-order valence-electron chi connectivity index (χ3n) is 2.15. The molecule has 0 saturated heterocycles. The Morgan fingerprint density at radius 1 is 1.00 bits per heavy atom. The number of hydrogen-bond acceptors (Lipinski definition) is 2. The maximum Gasteiger partial charge on any atom is 0.182 e. The van der Waals surface area contributed by atoms with E-state index in [1.807, 2.05) is 0 Å². The zero-order valence-electron chi connectivity index (χ0n) is 7.22. The summed E-state index contributed by atoms with van der Waals surface area (Å²) in [5.41, 5.74) is 11.2. The molecular formula is C10H8F2N2. The van der Waals surface area contributed by atoms with E-state index in [2.05, 4.69) is 0 Å². The molecule has 0 atom stereocenters. The minimum absolute atomic E-state index is 0.202. The minimum Gasteiger partial charge on any atom is -0.398 e. The summed E-state index contributed by atoms with van der Waals surface area (Å²) in [6.45, 7) is 0. The molecule has 0 aliphatic carbocycles. The van der Waals surface area contributed by atoms with Crippen molar-refractivity contribution in [1.29, 1.82) is 0 Å². The van der Waals surface area contributed by atoms with Gasteiger partial charge in [-0.2, -0.15) is 0 Å². The molecule has 2 rings (SSSR count). The van der Waals surface area contributed by atoms with Crippen LogP contribution in [0.1, 0.15) is 0 Å². The molecule has 2 aromatic carbocycles. The molecule has 0 bridgehead atoms. The molecule has 0 unspecified atom stereocenters. The van der Waals surface area contributed by atoms with E-state index in [0.717, 1.165) is 6.07 Å². The normalized spacial score (nSPS) is 10.7. The van der Waals surface area contributed by atoms with E-state index >= 15 is 0 Å². The molecule has 0 radical (unpaired) electrons. The van der Waals surface area contributed by atoms with Gasteiger partial charge in [-0.15, -0.1) is 0 Å². The standard InChI is InChI=1S/C10H8F2N2/c11-7-4-6-5(10(14)9(7)12)2-1-3-8(6)13/h1-4H,13-14H2. The number of nitrogens with two attached hydrogens (primary N) is 2. The van der Waals surface area contributed by atoms with Crippen LogP contribution in [0.5, 0.6) is 0 Å². The van der Waals surface area contributed by atoms with E-state index in [4.69, 9.17) is 11.5 Å². The molecular weight excluding hydrogens is 186 g/mol. The van der Waals surface area contributed by atoms with Crippen LogP contribution in [-0.2, 0) is 0 Å². The molecule has 4 N–H and O–H groups in total. The van der Waals surface area contributed by atoms with E-state index in [1.165, 1.54) is 0 Å². The third-order valence-corrected chi connectivity index (χ3v) is 2.15. The first-order valence-electron chi connectivity index (χ1n) is 4.03. The summed E-state index contributed by atoms with van der Waals surface area (Å²) < 4.78 is 26.0. The first-order chi connectivity index (χ1) is 6.61. The summed E-state index contributed by atoms with van der Waals surface area (Å²) in [4.78, 5) is 0. The smallest absolute Gasteiger partial charge is 0.182 e. The second-order valence-electron chi connectivity index (χ2n) is 3.03. The van der Waals surface area contributed by atoms with Crippen molar-refractivity contribution in [3.8, 4) is 0 Å². The topological polar surface area (TPSA) is 52.0 Å². The van der Waals surface area contributed by atoms with Crippen LogP contribution in [-0.4, -0.2) is 0 Å². The van der Waals surface area contributed by atoms with Crippen LogP contribution < -0.4 is 11.5 Å². The number of anilines is 2. The van der Waals surface area contributed by atoms with Gasteiger partial charge in [-0.25, -0.2) is 8.78 Å². The molecule has 0 heterocycles. The summed E-state index contributed by atoms with van der Waals surface area (Å²) in [5, 5.41) is 0.868. The number of rotatable bonds is 0. The molecule has 0 fully saturated rings. The lowest BCUT2D eigenvalue weighted by Crippen LogP contribution is -1.97. The van der Waals surface area contributed by atoms with Crippen LogP contribution in [0.15, 0.2) is 24.3 Å². The van der Waals surface area contributed by atoms with Gasteiger partial charge < -0.3 is 11.5 Å². The Balaban J connectivity index is 2.98. The molecule has 0 aliphatic heterocycles. The lowest BCUT2D eigenvalue weighted by Gasteiger charge is -2.06. The van der Waals surface area contributed by atoms with Crippen molar-refractivity contribution in [3.05, 3.63) is 35.9 Å². The van der Waals surface area contributed by atoms with Crippen molar-refractivity contribution < 1.29 is 8.78 Å². The molecule has 0 spiro atoms. The van der Waals surface area contributed by atoms with E-state index < -0.39 is 11.6 Å². The predicted octanol–water partition coefficient (Wildman–Crippen LogP) is 2.28. The van der Waals surface area contributed by atoms with Gasteiger partial charge in [0, 0.05) is 16.5 Å². The van der Waals surface area contributed by atoms with Crippen molar-refractivity contribution in [2.45, 2.75) is 0 Å². The Labute approximate surface area is 79.1 Å². The molecule has 0 aliphatic rings. The van der Waals surface area contributed by atoms with Gasteiger partial charge in [-0.05, 0) is 12.1 Å². The van der Waals surface area contributed by atoms with Crippen LogP contribution in [0.2, 0.25) is 0 Å². The molecule has 4 heteroatoms. The Kier molecular flexibility index (Phi) is 1.77. The van der Waals surface area contributed by atoms with Gasteiger partial charge in [0.25, 0.3) is 0 Å². The van der Waals surface area contributed by atoms with E-state index in [-0.39, 0.29) is 5.69 Å². The second kappa shape index (κ2) is 2.83. The van der Waals surface area contributed by atoms with Crippen LogP contribution in [0.25, 0.3) is 10.8 Å². The Bertz CT molecular complexity index is 509. The van der Waals surface area contributed by atoms with Crippen LogP contribution >= 0.6 is 0 Å².